The SMILES string of the molecule is C[As](C)SC1=NC=NC2=NC=NC21. The third-order valence-electron chi connectivity index (χ3n) is 1.54. The van der Waals surface area contributed by atoms with Gasteiger partial charge in [-0.05, 0) is 0 Å². The van der Waals surface area contributed by atoms with Crippen molar-refractivity contribution < 1.29 is 0 Å². The standard InChI is InChI=1S/C7H9AsN4S/c1-8(2)13-7-5-6(10-3-9-5)11-4-12-7/h3-5H,1-2H3. The minimum absolute atomic E-state index is 0.00627. The fourth-order valence-corrected chi connectivity index (χ4v) is 5.07. The minimum atomic E-state index is -0.761. The van der Waals surface area contributed by atoms with E-state index in [9.17, 15) is 0 Å². The van der Waals surface area contributed by atoms with E-state index < -0.39 is 13.5 Å². The van der Waals surface area contributed by atoms with Crippen molar-refractivity contribution in [1.82, 2.24) is 0 Å². The van der Waals surface area contributed by atoms with Gasteiger partial charge in [0.1, 0.15) is 0 Å². The molecular formula is C7H9AsN4S. The number of rotatable bonds is 1. The van der Waals surface area contributed by atoms with Crippen LogP contribution in [0, 0.1) is 0 Å². The van der Waals surface area contributed by atoms with Crippen LogP contribution >= 0.6 is 10.0 Å². The van der Waals surface area contributed by atoms with Crippen molar-refractivity contribution in [3.8, 4) is 0 Å². The molecule has 1 atom stereocenters. The molecule has 0 radical (unpaired) electrons. The van der Waals surface area contributed by atoms with Crippen LogP contribution in [0.25, 0.3) is 0 Å². The van der Waals surface area contributed by atoms with Crippen LogP contribution in [-0.4, -0.2) is 43.1 Å². The Morgan fingerprint density at radius 1 is 1.31 bits per heavy atom. The second-order valence-corrected chi connectivity index (χ2v) is 11.7. The predicted octanol–water partition coefficient (Wildman–Crippen LogP) is 1.22. The Morgan fingerprint density at radius 2 is 2.15 bits per heavy atom. The second kappa shape index (κ2) is 3.76. The summed E-state index contributed by atoms with van der Waals surface area (Å²) in [6.07, 6.45) is 3.14. The molecule has 0 spiro atoms. The first kappa shape index (κ1) is 9.16. The number of aliphatic imine (C=N–C) groups is 4. The van der Waals surface area contributed by atoms with Crippen LogP contribution in [0.1, 0.15) is 0 Å². The van der Waals surface area contributed by atoms with E-state index in [1.54, 1.807) is 12.7 Å². The molecule has 13 heavy (non-hydrogen) atoms. The van der Waals surface area contributed by atoms with Gasteiger partial charge in [0.15, 0.2) is 0 Å². The van der Waals surface area contributed by atoms with Crippen LogP contribution in [0.15, 0.2) is 20.0 Å². The molecule has 0 aliphatic carbocycles. The summed E-state index contributed by atoms with van der Waals surface area (Å²) in [4.78, 5) is 16.6. The first-order valence-electron chi connectivity index (χ1n) is 3.82. The quantitative estimate of drug-likeness (QED) is 0.651. The van der Waals surface area contributed by atoms with Gasteiger partial charge in [-0.3, -0.25) is 0 Å². The Balaban J connectivity index is 2.19. The fourth-order valence-electron chi connectivity index (χ4n) is 1.05. The third-order valence-corrected chi connectivity index (χ3v) is 5.89. The van der Waals surface area contributed by atoms with Gasteiger partial charge < -0.3 is 0 Å². The van der Waals surface area contributed by atoms with E-state index in [-0.39, 0.29) is 6.04 Å². The van der Waals surface area contributed by atoms with Crippen molar-refractivity contribution in [2.24, 2.45) is 20.0 Å². The zero-order valence-corrected chi connectivity index (χ0v) is 10.1. The Labute approximate surface area is 84.6 Å². The summed E-state index contributed by atoms with van der Waals surface area (Å²) >= 11 is -0.761. The molecule has 2 aliphatic rings. The van der Waals surface area contributed by atoms with Crippen molar-refractivity contribution >= 4 is 47.1 Å². The number of hydrogen-bond donors (Lipinski definition) is 0. The molecule has 6 heteroatoms. The van der Waals surface area contributed by atoms with Crippen LogP contribution in [0.5, 0.6) is 0 Å². The third kappa shape index (κ3) is 1.91. The molecule has 0 N–H and O–H groups in total. The molecule has 4 nitrogen and oxygen atoms in total. The van der Waals surface area contributed by atoms with Crippen molar-refractivity contribution in [2.75, 3.05) is 0 Å². The van der Waals surface area contributed by atoms with Gasteiger partial charge in [-0.25, -0.2) is 0 Å². The maximum atomic E-state index is 4.24. The van der Waals surface area contributed by atoms with Crippen molar-refractivity contribution in [1.29, 1.82) is 0 Å². The van der Waals surface area contributed by atoms with Crippen molar-refractivity contribution in [3.05, 3.63) is 0 Å². The molecule has 0 saturated heterocycles. The summed E-state index contributed by atoms with van der Waals surface area (Å²) in [5, 5.41) is 1.06. The van der Waals surface area contributed by atoms with Crippen LogP contribution in [0.4, 0.5) is 0 Å². The van der Waals surface area contributed by atoms with E-state index >= 15 is 0 Å². The van der Waals surface area contributed by atoms with Crippen LogP contribution in [0.2, 0.25) is 11.4 Å². The zero-order valence-electron chi connectivity index (χ0n) is 7.38. The van der Waals surface area contributed by atoms with Gasteiger partial charge in [-0.1, -0.05) is 0 Å². The molecule has 0 aromatic rings. The van der Waals surface area contributed by atoms with E-state index in [0.29, 0.717) is 0 Å². The Hall–Kier alpha value is -0.412. The average Bonchev–Trinajstić information content (AvgIpc) is 2.51. The monoisotopic (exact) mass is 256 g/mol. The second-order valence-electron chi connectivity index (χ2n) is 2.77. The molecule has 0 saturated carbocycles. The number of hydrogen-bond acceptors (Lipinski definition) is 5. The van der Waals surface area contributed by atoms with Gasteiger partial charge in [-0.15, -0.1) is 0 Å². The molecule has 68 valence electrons. The van der Waals surface area contributed by atoms with E-state index in [4.69, 9.17) is 0 Å². The predicted molar refractivity (Wildman–Crippen MR) is 60.7 cm³/mol. The van der Waals surface area contributed by atoms with E-state index in [1.165, 1.54) is 0 Å². The Kier molecular flexibility index (Phi) is 2.65. The molecule has 2 aliphatic heterocycles. The molecule has 0 fully saturated rings. The van der Waals surface area contributed by atoms with Crippen LogP contribution in [0.3, 0.4) is 0 Å². The van der Waals surface area contributed by atoms with Gasteiger partial charge in [0.25, 0.3) is 0 Å². The first-order valence-corrected chi connectivity index (χ1v) is 10.6. The van der Waals surface area contributed by atoms with Crippen molar-refractivity contribution in [3.63, 3.8) is 0 Å². The zero-order chi connectivity index (χ0) is 9.26. The molecule has 0 bridgehead atoms. The summed E-state index contributed by atoms with van der Waals surface area (Å²) in [5.74, 6) is 0.786. The molecule has 1 unspecified atom stereocenters. The summed E-state index contributed by atoms with van der Waals surface area (Å²) in [6, 6.07) is 0.00627. The Bertz CT molecular complexity index is 331. The van der Waals surface area contributed by atoms with Gasteiger partial charge in [0, 0.05) is 0 Å². The first-order chi connectivity index (χ1) is 6.27. The van der Waals surface area contributed by atoms with Gasteiger partial charge >= 0.3 is 84.5 Å². The summed E-state index contributed by atoms with van der Waals surface area (Å²) in [6.45, 7) is 0. The number of fused-ring (bicyclic) bond motifs is 1. The Morgan fingerprint density at radius 3 is 2.92 bits per heavy atom. The van der Waals surface area contributed by atoms with Crippen molar-refractivity contribution in [2.45, 2.75) is 17.5 Å². The molecule has 0 aromatic heterocycles. The van der Waals surface area contributed by atoms with E-state index in [0.717, 1.165) is 10.9 Å². The summed E-state index contributed by atoms with van der Waals surface area (Å²) < 4.78 is 0. The van der Waals surface area contributed by atoms with E-state index in [1.807, 2.05) is 10.0 Å². The molecule has 0 amide bonds. The van der Waals surface area contributed by atoms with Gasteiger partial charge in [0.05, 0.1) is 0 Å². The number of amidine groups is 1. The maximum absolute atomic E-state index is 4.24. The number of nitrogens with zero attached hydrogens (tertiary/aromatic N) is 4. The average molecular weight is 256 g/mol. The van der Waals surface area contributed by atoms with Crippen LogP contribution < -0.4 is 0 Å². The molecule has 2 rings (SSSR count). The van der Waals surface area contributed by atoms with Gasteiger partial charge in [-0.2, -0.15) is 0 Å². The van der Waals surface area contributed by atoms with Gasteiger partial charge in [0.2, 0.25) is 0 Å². The topological polar surface area (TPSA) is 49.4 Å². The normalized spacial score (nSPS) is 24.7. The molecule has 2 heterocycles. The summed E-state index contributed by atoms with van der Waals surface area (Å²) in [7, 11) is 1.86. The molecule has 0 aromatic carbocycles. The van der Waals surface area contributed by atoms with Crippen LogP contribution in [-0.2, 0) is 0 Å². The molecular weight excluding hydrogens is 247 g/mol. The van der Waals surface area contributed by atoms with E-state index in [2.05, 4.69) is 31.4 Å². The fraction of sp³-hybridized carbons (Fsp3) is 0.429. The summed E-state index contributed by atoms with van der Waals surface area (Å²) in [5.41, 5.74) is 4.56.